The normalized spacial score (nSPS) is 10.4. The van der Waals surface area contributed by atoms with Crippen LogP contribution in [-0.2, 0) is 0 Å². The van der Waals surface area contributed by atoms with Gasteiger partial charge >= 0.3 is 0 Å². The van der Waals surface area contributed by atoms with Crippen LogP contribution in [0, 0.1) is 0 Å². The molecule has 0 aliphatic heterocycles. The Morgan fingerprint density at radius 3 is 1.09 bits per heavy atom. The summed E-state index contributed by atoms with van der Waals surface area (Å²) in [5.74, 6) is 0. The first-order valence-electron chi connectivity index (χ1n) is 8.73. The Bertz CT molecular complexity index is 196. The molecule has 0 aromatic heterocycles. The summed E-state index contributed by atoms with van der Waals surface area (Å²) in [4.78, 5) is 8.44. The molecular formula is C17H37NNaO3. The molecule has 0 bridgehead atoms. The molecule has 1 radical (unpaired) electrons. The number of nitrogens with zero attached hydrogens (tertiary/aromatic N) is 1. The fourth-order valence-electron chi connectivity index (χ4n) is 2.64. The van der Waals surface area contributed by atoms with Crippen molar-refractivity contribution in [3.8, 4) is 0 Å². The Kier molecular flexibility index (Phi) is 23.7. The SMILES string of the molecule is CCCC[N+](CCCC)(CCCC)CCCC.O=C([O-])O.[Na]. The Labute approximate surface area is 160 Å². The summed E-state index contributed by atoms with van der Waals surface area (Å²) in [6, 6.07) is 0. The molecule has 0 aromatic rings. The van der Waals surface area contributed by atoms with Crippen LogP contribution in [-0.4, -0.2) is 71.5 Å². The van der Waals surface area contributed by atoms with Crippen LogP contribution in [0.2, 0.25) is 0 Å². The summed E-state index contributed by atoms with van der Waals surface area (Å²) in [6.07, 6.45) is 8.98. The predicted molar refractivity (Wildman–Crippen MR) is 93.1 cm³/mol. The van der Waals surface area contributed by atoms with Gasteiger partial charge in [0, 0.05) is 29.6 Å². The topological polar surface area (TPSA) is 60.4 Å². The average Bonchev–Trinajstić information content (AvgIpc) is 2.45. The summed E-state index contributed by atoms with van der Waals surface area (Å²) in [6.45, 7) is 15.0. The summed E-state index contributed by atoms with van der Waals surface area (Å²) < 4.78 is 1.42. The molecule has 4 nitrogen and oxygen atoms in total. The molecule has 0 spiro atoms. The Balaban J connectivity index is -0.000000640. The van der Waals surface area contributed by atoms with Gasteiger partial charge in [-0.3, -0.25) is 0 Å². The van der Waals surface area contributed by atoms with Gasteiger partial charge in [0.25, 0.3) is 0 Å². The second-order valence-corrected chi connectivity index (χ2v) is 5.92. The average molecular weight is 326 g/mol. The molecule has 129 valence electrons. The van der Waals surface area contributed by atoms with E-state index in [0.717, 1.165) is 0 Å². The Morgan fingerprint density at radius 2 is 0.955 bits per heavy atom. The van der Waals surface area contributed by atoms with Crippen molar-refractivity contribution in [2.24, 2.45) is 0 Å². The molecule has 0 amide bonds. The van der Waals surface area contributed by atoms with Crippen molar-refractivity contribution in [2.75, 3.05) is 26.2 Å². The van der Waals surface area contributed by atoms with Gasteiger partial charge in [0.1, 0.15) is 0 Å². The van der Waals surface area contributed by atoms with Crippen LogP contribution in [0.15, 0.2) is 0 Å². The smallest absolute Gasteiger partial charge is 0.249 e. The van der Waals surface area contributed by atoms with Crippen molar-refractivity contribution in [3.63, 3.8) is 0 Å². The molecule has 0 aliphatic carbocycles. The van der Waals surface area contributed by atoms with E-state index in [-0.39, 0.29) is 29.6 Å². The molecule has 0 saturated carbocycles. The molecule has 0 fully saturated rings. The third kappa shape index (κ3) is 18.3. The molecule has 0 heterocycles. The van der Waals surface area contributed by atoms with E-state index in [1.807, 2.05) is 0 Å². The first-order chi connectivity index (χ1) is 9.97. The molecule has 1 N–H and O–H groups in total. The molecule has 0 atom stereocenters. The zero-order valence-electron chi connectivity index (χ0n) is 15.7. The van der Waals surface area contributed by atoms with E-state index in [4.69, 9.17) is 15.0 Å². The number of rotatable bonds is 12. The van der Waals surface area contributed by atoms with Crippen LogP contribution in [0.25, 0.3) is 0 Å². The fourth-order valence-corrected chi connectivity index (χ4v) is 2.64. The van der Waals surface area contributed by atoms with E-state index < -0.39 is 6.16 Å². The maximum atomic E-state index is 8.44. The van der Waals surface area contributed by atoms with Gasteiger partial charge in [-0.2, -0.15) is 0 Å². The first kappa shape index (κ1) is 27.1. The molecule has 0 unspecified atom stereocenters. The number of hydrogen-bond donors (Lipinski definition) is 1. The van der Waals surface area contributed by atoms with E-state index >= 15 is 0 Å². The van der Waals surface area contributed by atoms with Gasteiger partial charge < -0.3 is 19.5 Å². The third-order valence-electron chi connectivity index (χ3n) is 3.94. The number of unbranched alkanes of at least 4 members (excludes halogenated alkanes) is 4. The van der Waals surface area contributed by atoms with Crippen LogP contribution >= 0.6 is 0 Å². The Hall–Kier alpha value is 0.230. The molecule has 5 heteroatoms. The van der Waals surface area contributed by atoms with Crippen molar-refractivity contribution in [1.29, 1.82) is 0 Å². The molecule has 22 heavy (non-hydrogen) atoms. The quantitative estimate of drug-likeness (QED) is 0.441. The van der Waals surface area contributed by atoms with Crippen LogP contribution in [0.1, 0.15) is 79.1 Å². The van der Waals surface area contributed by atoms with Crippen LogP contribution in [0.4, 0.5) is 4.79 Å². The van der Waals surface area contributed by atoms with Gasteiger partial charge in [-0.1, -0.05) is 53.4 Å². The van der Waals surface area contributed by atoms with Crippen molar-refractivity contribution in [3.05, 3.63) is 0 Å². The second kappa shape index (κ2) is 19.3. The zero-order chi connectivity index (χ0) is 16.6. The van der Waals surface area contributed by atoms with Gasteiger partial charge in [0.2, 0.25) is 6.16 Å². The largest absolute Gasteiger partial charge is 0.565 e. The summed E-state index contributed by atoms with van der Waals surface area (Å²) in [5, 5.41) is 15.3. The van der Waals surface area contributed by atoms with Gasteiger partial charge in [-0.25, -0.2) is 0 Å². The van der Waals surface area contributed by atoms with Crippen LogP contribution in [0.5, 0.6) is 0 Å². The zero-order valence-corrected chi connectivity index (χ0v) is 17.7. The van der Waals surface area contributed by atoms with E-state index in [1.165, 1.54) is 82.0 Å². The summed E-state index contributed by atoms with van der Waals surface area (Å²) in [7, 11) is 0. The number of carboxylic acid groups (broad SMARTS) is 2. The minimum atomic E-state index is -2.08. The molecule has 0 rings (SSSR count). The first-order valence-corrected chi connectivity index (χ1v) is 8.73. The minimum Gasteiger partial charge on any atom is -0.565 e. The Morgan fingerprint density at radius 1 is 0.773 bits per heavy atom. The van der Waals surface area contributed by atoms with Crippen LogP contribution in [0.3, 0.4) is 0 Å². The minimum absolute atomic E-state index is 0. The number of quaternary nitrogens is 1. The summed E-state index contributed by atoms with van der Waals surface area (Å²) >= 11 is 0. The molecule has 0 aliphatic rings. The van der Waals surface area contributed by atoms with E-state index in [0.29, 0.717) is 0 Å². The monoisotopic (exact) mass is 326 g/mol. The van der Waals surface area contributed by atoms with Crippen molar-refractivity contribution < 1.29 is 19.5 Å². The maximum Gasteiger partial charge on any atom is 0.249 e. The molecular weight excluding hydrogens is 289 g/mol. The van der Waals surface area contributed by atoms with Gasteiger partial charge in [-0.15, -0.1) is 0 Å². The van der Waals surface area contributed by atoms with Crippen molar-refractivity contribution >= 4 is 35.7 Å². The molecule has 0 aromatic carbocycles. The third-order valence-corrected chi connectivity index (χ3v) is 3.94. The van der Waals surface area contributed by atoms with E-state index in [1.54, 1.807) is 0 Å². The maximum absolute atomic E-state index is 8.44. The summed E-state index contributed by atoms with van der Waals surface area (Å²) in [5.41, 5.74) is 0. The standard InChI is InChI=1S/C16H36N.CH2O3.Na/c1-5-9-13-17(14-10-6-2,15-11-7-3)16-12-8-4;2-1(3)4;/h5-16H2,1-4H3;(H2,2,3,4);/q+1;;/p-1. The van der Waals surface area contributed by atoms with Gasteiger partial charge in [0.05, 0.1) is 26.2 Å². The van der Waals surface area contributed by atoms with Gasteiger partial charge in [-0.05, 0) is 25.7 Å². The van der Waals surface area contributed by atoms with Crippen molar-refractivity contribution in [2.45, 2.75) is 79.1 Å². The number of hydrogen-bond acceptors (Lipinski definition) is 2. The van der Waals surface area contributed by atoms with E-state index in [9.17, 15) is 0 Å². The predicted octanol–water partition coefficient (Wildman–Crippen LogP) is 3.51. The van der Waals surface area contributed by atoms with Crippen LogP contribution < -0.4 is 5.11 Å². The fraction of sp³-hybridized carbons (Fsp3) is 0.941. The molecule has 0 saturated heterocycles. The second-order valence-electron chi connectivity index (χ2n) is 5.92. The number of carbonyl (C=O) groups is 1. The van der Waals surface area contributed by atoms with E-state index in [2.05, 4.69) is 27.7 Å². The van der Waals surface area contributed by atoms with Crippen molar-refractivity contribution in [1.82, 2.24) is 0 Å². The van der Waals surface area contributed by atoms with Gasteiger partial charge in [0.15, 0.2) is 0 Å².